The molecule has 0 saturated heterocycles. The number of primary amides is 1. The molecular formula is C11H9F3N2O2. The van der Waals surface area contributed by atoms with Gasteiger partial charge in [0.2, 0.25) is 11.8 Å². The van der Waals surface area contributed by atoms with Crippen LogP contribution in [0.5, 0.6) is 0 Å². The van der Waals surface area contributed by atoms with Crippen LogP contribution in [0.25, 0.3) is 0 Å². The fourth-order valence-electron chi connectivity index (χ4n) is 1.91. The number of hydrogen-bond donors (Lipinski definition) is 2. The van der Waals surface area contributed by atoms with Crippen LogP contribution < -0.4 is 11.1 Å². The number of anilines is 1. The third-order valence-electron chi connectivity index (χ3n) is 2.73. The molecule has 1 aliphatic rings. The number of nitrogens with one attached hydrogen (secondary N) is 1. The van der Waals surface area contributed by atoms with Crippen molar-refractivity contribution < 1.29 is 22.8 Å². The van der Waals surface area contributed by atoms with Crippen LogP contribution in [0.15, 0.2) is 18.2 Å². The normalized spacial score (nSPS) is 18.4. The molecule has 3 N–H and O–H groups in total. The molecule has 1 aromatic carbocycles. The molecule has 0 spiro atoms. The molecule has 2 rings (SSSR count). The highest BCUT2D eigenvalue weighted by molar-refractivity contribution is 6.04. The van der Waals surface area contributed by atoms with Gasteiger partial charge in [-0.05, 0) is 23.8 Å². The minimum Gasteiger partial charge on any atom is -0.370 e. The number of alkyl halides is 3. The molecule has 1 atom stereocenters. The second-order valence-corrected chi connectivity index (χ2v) is 4.01. The standard InChI is InChI=1S/C11H9F3N2O2/c12-11(13,14)5-1-2-8-6(3-5)7(4-9(15)17)10(18)16-8/h1-3,7H,4H2,(H2,15,17)(H,16,18). The van der Waals surface area contributed by atoms with Gasteiger partial charge in [0.15, 0.2) is 0 Å². The number of halogens is 3. The molecule has 0 aliphatic carbocycles. The zero-order valence-corrected chi connectivity index (χ0v) is 9.04. The van der Waals surface area contributed by atoms with Crippen molar-refractivity contribution in [1.82, 2.24) is 0 Å². The van der Waals surface area contributed by atoms with Crippen LogP contribution in [0, 0.1) is 0 Å². The van der Waals surface area contributed by atoms with Crippen molar-refractivity contribution in [3.63, 3.8) is 0 Å². The van der Waals surface area contributed by atoms with Crippen LogP contribution in [0.1, 0.15) is 23.5 Å². The van der Waals surface area contributed by atoms with E-state index in [4.69, 9.17) is 5.73 Å². The average molecular weight is 258 g/mol. The van der Waals surface area contributed by atoms with Crippen LogP contribution in [0.2, 0.25) is 0 Å². The maximum absolute atomic E-state index is 12.5. The molecular weight excluding hydrogens is 249 g/mol. The average Bonchev–Trinajstić information content (AvgIpc) is 2.53. The second-order valence-electron chi connectivity index (χ2n) is 4.01. The molecule has 1 aliphatic heterocycles. The summed E-state index contributed by atoms with van der Waals surface area (Å²) in [6, 6.07) is 2.93. The summed E-state index contributed by atoms with van der Waals surface area (Å²) in [6.45, 7) is 0. The highest BCUT2D eigenvalue weighted by atomic mass is 19.4. The van der Waals surface area contributed by atoms with E-state index in [0.29, 0.717) is 5.69 Å². The van der Waals surface area contributed by atoms with E-state index >= 15 is 0 Å². The topological polar surface area (TPSA) is 72.2 Å². The van der Waals surface area contributed by atoms with Gasteiger partial charge in [-0.25, -0.2) is 0 Å². The minimum absolute atomic E-state index is 0.161. The van der Waals surface area contributed by atoms with Crippen LogP contribution in [0.4, 0.5) is 18.9 Å². The number of carbonyl (C=O) groups excluding carboxylic acids is 2. The van der Waals surface area contributed by atoms with Gasteiger partial charge in [-0.1, -0.05) is 0 Å². The molecule has 1 aromatic rings. The highest BCUT2D eigenvalue weighted by Gasteiger charge is 2.36. The van der Waals surface area contributed by atoms with Crippen molar-refractivity contribution in [2.24, 2.45) is 5.73 Å². The lowest BCUT2D eigenvalue weighted by Gasteiger charge is -2.10. The van der Waals surface area contributed by atoms with E-state index in [0.717, 1.165) is 12.1 Å². The number of fused-ring (bicyclic) bond motifs is 1. The van der Waals surface area contributed by atoms with E-state index in [2.05, 4.69) is 5.32 Å². The van der Waals surface area contributed by atoms with Gasteiger partial charge in [0.25, 0.3) is 0 Å². The van der Waals surface area contributed by atoms with Gasteiger partial charge in [0, 0.05) is 12.1 Å². The Morgan fingerprint density at radius 2 is 2.06 bits per heavy atom. The summed E-state index contributed by atoms with van der Waals surface area (Å²) in [5, 5.41) is 2.42. The number of hydrogen-bond acceptors (Lipinski definition) is 2. The molecule has 0 aromatic heterocycles. The molecule has 7 heteroatoms. The summed E-state index contributed by atoms with van der Waals surface area (Å²) in [4.78, 5) is 22.3. The predicted octanol–water partition coefficient (Wildman–Crippen LogP) is 1.62. The van der Waals surface area contributed by atoms with E-state index in [1.807, 2.05) is 0 Å². The van der Waals surface area contributed by atoms with Gasteiger partial charge in [-0.2, -0.15) is 13.2 Å². The van der Waals surface area contributed by atoms with Crippen molar-refractivity contribution >= 4 is 17.5 Å². The lowest BCUT2D eigenvalue weighted by molar-refractivity contribution is -0.137. The molecule has 96 valence electrons. The van der Waals surface area contributed by atoms with Crippen molar-refractivity contribution in [2.75, 3.05) is 5.32 Å². The summed E-state index contributed by atoms with van der Waals surface area (Å²) < 4.78 is 37.6. The van der Waals surface area contributed by atoms with Crippen LogP contribution in [-0.4, -0.2) is 11.8 Å². The van der Waals surface area contributed by atoms with Gasteiger partial charge in [-0.15, -0.1) is 0 Å². The zero-order valence-electron chi connectivity index (χ0n) is 9.04. The van der Waals surface area contributed by atoms with E-state index in [9.17, 15) is 22.8 Å². The van der Waals surface area contributed by atoms with Crippen molar-refractivity contribution in [1.29, 1.82) is 0 Å². The van der Waals surface area contributed by atoms with E-state index < -0.39 is 29.5 Å². The van der Waals surface area contributed by atoms with Gasteiger partial charge in [0.05, 0.1) is 11.5 Å². The first-order valence-electron chi connectivity index (χ1n) is 5.09. The van der Waals surface area contributed by atoms with Gasteiger partial charge < -0.3 is 11.1 Å². The molecule has 4 nitrogen and oxygen atoms in total. The van der Waals surface area contributed by atoms with Crippen molar-refractivity contribution in [3.8, 4) is 0 Å². The Morgan fingerprint density at radius 3 is 2.61 bits per heavy atom. The Kier molecular flexibility index (Phi) is 2.76. The monoisotopic (exact) mass is 258 g/mol. The summed E-state index contributed by atoms with van der Waals surface area (Å²) in [7, 11) is 0. The fraction of sp³-hybridized carbons (Fsp3) is 0.273. The lowest BCUT2D eigenvalue weighted by atomic mass is 9.95. The number of benzene rings is 1. The molecule has 0 radical (unpaired) electrons. The third-order valence-corrected chi connectivity index (χ3v) is 2.73. The number of nitrogens with two attached hydrogens (primary N) is 1. The summed E-state index contributed by atoms with van der Waals surface area (Å²) in [5.41, 5.74) is 4.57. The van der Waals surface area contributed by atoms with Crippen molar-refractivity contribution in [2.45, 2.75) is 18.5 Å². The Labute approximate surface area is 100.0 Å². The van der Waals surface area contributed by atoms with Crippen LogP contribution in [-0.2, 0) is 15.8 Å². The van der Waals surface area contributed by atoms with Crippen LogP contribution in [0.3, 0.4) is 0 Å². The molecule has 1 unspecified atom stereocenters. The quantitative estimate of drug-likeness (QED) is 0.846. The summed E-state index contributed by atoms with van der Waals surface area (Å²) in [5.74, 6) is -2.19. The molecule has 0 saturated carbocycles. The van der Waals surface area contributed by atoms with E-state index in [1.165, 1.54) is 6.07 Å². The minimum atomic E-state index is -4.49. The van der Waals surface area contributed by atoms with Gasteiger partial charge in [0.1, 0.15) is 0 Å². The largest absolute Gasteiger partial charge is 0.416 e. The first-order valence-corrected chi connectivity index (χ1v) is 5.09. The number of carbonyl (C=O) groups is 2. The molecule has 1 heterocycles. The third kappa shape index (κ3) is 2.15. The van der Waals surface area contributed by atoms with Gasteiger partial charge >= 0.3 is 6.18 Å². The maximum atomic E-state index is 12.5. The first-order chi connectivity index (χ1) is 8.29. The van der Waals surface area contributed by atoms with Gasteiger partial charge in [-0.3, -0.25) is 9.59 Å². The number of rotatable bonds is 2. The summed E-state index contributed by atoms with van der Waals surface area (Å²) in [6.07, 6.45) is -4.79. The van der Waals surface area contributed by atoms with Crippen LogP contribution >= 0.6 is 0 Å². The number of amides is 2. The predicted molar refractivity (Wildman–Crippen MR) is 56.6 cm³/mol. The smallest absolute Gasteiger partial charge is 0.370 e. The SMILES string of the molecule is NC(=O)CC1C(=O)Nc2ccc(C(F)(F)F)cc21. The summed E-state index contributed by atoms with van der Waals surface area (Å²) >= 11 is 0. The molecule has 0 fully saturated rings. The van der Waals surface area contributed by atoms with E-state index in [1.54, 1.807) is 0 Å². The Morgan fingerprint density at radius 1 is 1.39 bits per heavy atom. The maximum Gasteiger partial charge on any atom is 0.416 e. The Hall–Kier alpha value is -2.05. The Bertz CT molecular complexity index is 526. The molecule has 0 bridgehead atoms. The Balaban J connectivity index is 2.43. The molecule has 2 amide bonds. The van der Waals surface area contributed by atoms with Crippen molar-refractivity contribution in [3.05, 3.63) is 29.3 Å². The highest BCUT2D eigenvalue weighted by Crippen LogP contribution is 2.39. The zero-order chi connectivity index (χ0) is 13.5. The second kappa shape index (κ2) is 4.01. The lowest BCUT2D eigenvalue weighted by Crippen LogP contribution is -2.20. The fourth-order valence-corrected chi connectivity index (χ4v) is 1.91. The van der Waals surface area contributed by atoms with E-state index in [-0.39, 0.29) is 12.0 Å². The first kappa shape index (κ1) is 12.4. The molecule has 18 heavy (non-hydrogen) atoms.